The summed E-state index contributed by atoms with van der Waals surface area (Å²) in [6.45, 7) is 2.52. The van der Waals surface area contributed by atoms with E-state index < -0.39 is 11.7 Å². The molecule has 1 unspecified atom stereocenters. The lowest BCUT2D eigenvalue weighted by atomic mass is 10.1. The Bertz CT molecular complexity index is 412. The van der Waals surface area contributed by atoms with E-state index in [-0.39, 0.29) is 11.3 Å². The molecule has 2 N–H and O–H groups in total. The van der Waals surface area contributed by atoms with Gasteiger partial charge in [-0.2, -0.15) is 0 Å². The van der Waals surface area contributed by atoms with Gasteiger partial charge in [0.1, 0.15) is 11.6 Å². The van der Waals surface area contributed by atoms with Gasteiger partial charge in [0.25, 0.3) is 5.91 Å². The first kappa shape index (κ1) is 14.8. The molecule has 0 aromatic heterocycles. The quantitative estimate of drug-likeness (QED) is 0.618. The molecule has 100 valence electrons. The second kappa shape index (κ2) is 7.21. The molecule has 0 aliphatic carbocycles. The Hall–Kier alpha value is -1.29. The number of rotatable bonds is 6. The van der Waals surface area contributed by atoms with Gasteiger partial charge >= 0.3 is 0 Å². The summed E-state index contributed by atoms with van der Waals surface area (Å²) in [5.74, 6) is -0.230. The molecule has 3 nitrogen and oxygen atoms in total. The van der Waals surface area contributed by atoms with Crippen molar-refractivity contribution in [2.75, 3.05) is 12.4 Å². The van der Waals surface area contributed by atoms with Crippen LogP contribution in [0.4, 0.5) is 4.39 Å². The number of halogens is 2. The maximum absolute atomic E-state index is 12.9. The van der Waals surface area contributed by atoms with E-state index in [1.807, 2.05) is 6.92 Å². The van der Waals surface area contributed by atoms with Crippen LogP contribution in [-0.2, 0) is 0 Å². The lowest BCUT2D eigenvalue weighted by Gasteiger charge is -2.09. The average molecular weight is 274 g/mol. The van der Waals surface area contributed by atoms with Crippen molar-refractivity contribution in [2.24, 2.45) is 5.92 Å². The maximum Gasteiger partial charge on any atom is 0.255 e. The fraction of sp³-hybridized carbons (Fsp3) is 0.462. The highest BCUT2D eigenvalue weighted by molar-refractivity contribution is 6.18. The van der Waals surface area contributed by atoms with Crippen molar-refractivity contribution in [3.63, 3.8) is 0 Å². The zero-order valence-electron chi connectivity index (χ0n) is 10.2. The van der Waals surface area contributed by atoms with Gasteiger partial charge in [0.05, 0.1) is 5.56 Å². The summed E-state index contributed by atoms with van der Waals surface area (Å²) < 4.78 is 12.9. The summed E-state index contributed by atoms with van der Waals surface area (Å²) in [5.41, 5.74) is -0.0413. The van der Waals surface area contributed by atoms with Crippen molar-refractivity contribution < 1.29 is 14.3 Å². The van der Waals surface area contributed by atoms with E-state index >= 15 is 0 Å². The number of nitrogens with one attached hydrogen (secondary N) is 1. The van der Waals surface area contributed by atoms with Crippen molar-refractivity contribution in [3.05, 3.63) is 29.6 Å². The summed E-state index contributed by atoms with van der Waals surface area (Å²) in [7, 11) is 0. The second-order valence-electron chi connectivity index (χ2n) is 4.32. The number of carbonyl (C=O) groups excluding carboxylic acids is 1. The predicted molar refractivity (Wildman–Crippen MR) is 69.5 cm³/mol. The van der Waals surface area contributed by atoms with Gasteiger partial charge in [-0.25, -0.2) is 4.39 Å². The Morgan fingerprint density at radius 3 is 2.94 bits per heavy atom. The molecule has 0 saturated carbocycles. The SMILES string of the molecule is CC(CCl)CCCNC(=O)c1cc(F)ccc1O. The van der Waals surface area contributed by atoms with Crippen LogP contribution in [0.25, 0.3) is 0 Å². The minimum absolute atomic E-state index is 0.0413. The van der Waals surface area contributed by atoms with Crippen molar-refractivity contribution in [1.29, 1.82) is 0 Å². The number of amides is 1. The lowest BCUT2D eigenvalue weighted by molar-refractivity contribution is 0.0949. The van der Waals surface area contributed by atoms with E-state index in [0.717, 1.165) is 25.0 Å². The van der Waals surface area contributed by atoms with Crippen molar-refractivity contribution in [3.8, 4) is 5.75 Å². The fourth-order valence-corrected chi connectivity index (χ4v) is 1.67. The molecule has 1 amide bonds. The van der Waals surface area contributed by atoms with Crippen molar-refractivity contribution in [1.82, 2.24) is 5.32 Å². The summed E-state index contributed by atoms with van der Waals surface area (Å²) in [4.78, 5) is 11.7. The molecule has 0 aliphatic rings. The standard InChI is InChI=1S/C13H17ClFNO2/c1-9(8-14)3-2-6-16-13(18)11-7-10(15)4-5-12(11)17/h4-5,7,9,17H,2-3,6,8H2,1H3,(H,16,18). The minimum Gasteiger partial charge on any atom is -0.507 e. The number of carbonyl (C=O) groups is 1. The van der Waals surface area contributed by atoms with E-state index in [4.69, 9.17) is 11.6 Å². The third-order valence-corrected chi connectivity index (χ3v) is 3.15. The molecule has 0 spiro atoms. The van der Waals surface area contributed by atoms with Gasteiger partial charge in [0.15, 0.2) is 0 Å². The molecule has 0 radical (unpaired) electrons. The fourth-order valence-electron chi connectivity index (χ4n) is 1.51. The van der Waals surface area contributed by atoms with E-state index in [1.54, 1.807) is 0 Å². The number of hydrogen-bond acceptors (Lipinski definition) is 2. The minimum atomic E-state index is -0.547. The Labute approximate surface area is 111 Å². The molecule has 1 atom stereocenters. The Kier molecular flexibility index (Phi) is 5.92. The second-order valence-corrected chi connectivity index (χ2v) is 4.63. The Morgan fingerprint density at radius 2 is 2.28 bits per heavy atom. The number of phenols is 1. The molecule has 0 fully saturated rings. The molecule has 1 aromatic rings. The van der Waals surface area contributed by atoms with Gasteiger partial charge in [-0.3, -0.25) is 4.79 Å². The Balaban J connectivity index is 2.43. The van der Waals surface area contributed by atoms with Crippen LogP contribution in [0.15, 0.2) is 18.2 Å². The highest BCUT2D eigenvalue weighted by Gasteiger charge is 2.11. The van der Waals surface area contributed by atoms with Gasteiger partial charge in [0, 0.05) is 12.4 Å². The van der Waals surface area contributed by atoms with E-state index in [2.05, 4.69) is 5.32 Å². The smallest absolute Gasteiger partial charge is 0.255 e. The predicted octanol–water partition coefficient (Wildman–Crippen LogP) is 2.92. The number of phenolic OH excluding ortho intramolecular Hbond substituents is 1. The zero-order valence-corrected chi connectivity index (χ0v) is 11.0. The van der Waals surface area contributed by atoms with Crippen molar-refractivity contribution in [2.45, 2.75) is 19.8 Å². The number of alkyl halides is 1. The highest BCUT2D eigenvalue weighted by Crippen LogP contribution is 2.17. The van der Waals surface area contributed by atoms with Crippen LogP contribution in [0, 0.1) is 11.7 Å². The van der Waals surface area contributed by atoms with Crippen molar-refractivity contribution >= 4 is 17.5 Å². The summed E-state index contributed by atoms with van der Waals surface area (Å²) in [5, 5.41) is 12.1. The highest BCUT2D eigenvalue weighted by atomic mass is 35.5. The van der Waals surface area contributed by atoms with Crippen LogP contribution in [0.5, 0.6) is 5.75 Å². The van der Waals surface area contributed by atoms with E-state index in [1.165, 1.54) is 6.07 Å². The van der Waals surface area contributed by atoms with Crippen LogP contribution >= 0.6 is 11.6 Å². The first-order valence-electron chi connectivity index (χ1n) is 5.87. The molecule has 1 aromatic carbocycles. The third kappa shape index (κ3) is 4.53. The number of aromatic hydroxyl groups is 1. The first-order valence-corrected chi connectivity index (χ1v) is 6.40. The molecule has 18 heavy (non-hydrogen) atoms. The van der Waals surface area contributed by atoms with E-state index in [0.29, 0.717) is 18.3 Å². The molecular formula is C13H17ClFNO2. The largest absolute Gasteiger partial charge is 0.507 e. The summed E-state index contributed by atoms with van der Waals surface area (Å²) in [6.07, 6.45) is 1.72. The number of hydrogen-bond donors (Lipinski definition) is 2. The maximum atomic E-state index is 12.9. The van der Waals surface area contributed by atoms with Crippen LogP contribution < -0.4 is 5.32 Å². The molecule has 0 saturated heterocycles. The van der Waals surface area contributed by atoms with Gasteiger partial charge in [-0.05, 0) is 37.0 Å². The monoisotopic (exact) mass is 273 g/mol. The molecule has 0 bridgehead atoms. The first-order chi connectivity index (χ1) is 8.54. The van der Waals surface area contributed by atoms with Gasteiger partial charge in [-0.1, -0.05) is 6.92 Å². The summed E-state index contributed by atoms with van der Waals surface area (Å²) in [6, 6.07) is 3.29. The molecule has 0 aliphatic heterocycles. The van der Waals surface area contributed by atoms with Gasteiger partial charge < -0.3 is 10.4 Å². The Morgan fingerprint density at radius 1 is 1.56 bits per heavy atom. The molecule has 1 rings (SSSR count). The van der Waals surface area contributed by atoms with Gasteiger partial charge in [-0.15, -0.1) is 11.6 Å². The van der Waals surface area contributed by atoms with Crippen LogP contribution in [0.2, 0.25) is 0 Å². The van der Waals surface area contributed by atoms with E-state index in [9.17, 15) is 14.3 Å². The topological polar surface area (TPSA) is 49.3 Å². The van der Waals surface area contributed by atoms with Crippen LogP contribution in [0.3, 0.4) is 0 Å². The molecule has 5 heteroatoms. The lowest BCUT2D eigenvalue weighted by Crippen LogP contribution is -2.25. The summed E-state index contributed by atoms with van der Waals surface area (Å²) >= 11 is 5.67. The van der Waals surface area contributed by atoms with Crippen LogP contribution in [-0.4, -0.2) is 23.4 Å². The average Bonchev–Trinajstić information content (AvgIpc) is 2.36. The molecule has 0 heterocycles. The normalized spacial score (nSPS) is 12.2. The van der Waals surface area contributed by atoms with Crippen LogP contribution in [0.1, 0.15) is 30.1 Å². The molecular weight excluding hydrogens is 257 g/mol. The zero-order chi connectivity index (χ0) is 13.5. The third-order valence-electron chi connectivity index (χ3n) is 2.63. The number of benzene rings is 1. The van der Waals surface area contributed by atoms with Gasteiger partial charge in [0.2, 0.25) is 0 Å².